The molecule has 0 heterocycles. The molecule has 27 heavy (non-hydrogen) atoms. The Balaban J connectivity index is 3.01. The zero-order chi connectivity index (χ0) is 20.0. The quantitative estimate of drug-likeness (QED) is 0.164. The van der Waals surface area contributed by atoms with Gasteiger partial charge in [-0.1, -0.05) is 163 Å². The molecule has 0 aromatic heterocycles. The molecule has 0 aliphatic heterocycles. The Bertz CT molecular complexity index is 255. The highest BCUT2D eigenvalue weighted by atomic mass is 14.0. The third kappa shape index (κ3) is 24.0. The number of rotatable bonds is 22. The number of hydrogen-bond acceptors (Lipinski definition) is 0. The fourth-order valence-corrected chi connectivity index (χ4v) is 4.08. The molecule has 0 N–H and O–H groups in total. The Kier molecular flexibility index (Phi) is 22.3. The third-order valence-electron chi connectivity index (χ3n) is 6.43. The highest BCUT2D eigenvalue weighted by Crippen LogP contribution is 2.16. The predicted molar refractivity (Wildman–Crippen MR) is 127 cm³/mol. The first-order valence-electron chi connectivity index (χ1n) is 13.2. The van der Waals surface area contributed by atoms with Crippen LogP contribution in [0.2, 0.25) is 0 Å². The molecule has 0 aromatic rings. The normalized spacial score (nSPS) is 12.8. The summed E-state index contributed by atoms with van der Waals surface area (Å²) in [6, 6.07) is 0. The molecule has 0 saturated heterocycles. The maximum Gasteiger partial charge on any atom is -0.0445 e. The van der Waals surface area contributed by atoms with Crippen LogP contribution in [0.3, 0.4) is 0 Å². The molecule has 0 aliphatic rings. The molecule has 0 fully saturated rings. The van der Waals surface area contributed by atoms with Gasteiger partial charge < -0.3 is 0 Å². The number of hydrogen-bond donors (Lipinski definition) is 0. The van der Waals surface area contributed by atoms with E-state index in [0.717, 1.165) is 11.8 Å². The highest BCUT2D eigenvalue weighted by molar-refractivity contribution is 4.53. The zero-order valence-electron chi connectivity index (χ0n) is 20.0. The summed E-state index contributed by atoms with van der Waals surface area (Å²) in [5.41, 5.74) is 0. The monoisotopic (exact) mass is 380 g/mol. The molecule has 0 amide bonds. The second kappa shape index (κ2) is 22.3. The van der Waals surface area contributed by atoms with Crippen LogP contribution in [0.4, 0.5) is 0 Å². The minimum Gasteiger partial charge on any atom is -0.0651 e. The van der Waals surface area contributed by atoms with E-state index in [0.29, 0.717) is 0 Å². The van der Waals surface area contributed by atoms with Crippen molar-refractivity contribution in [2.75, 3.05) is 0 Å². The first-order chi connectivity index (χ1) is 13.2. The van der Waals surface area contributed by atoms with E-state index in [-0.39, 0.29) is 0 Å². The van der Waals surface area contributed by atoms with Gasteiger partial charge in [-0.15, -0.1) is 0 Å². The van der Waals surface area contributed by atoms with Gasteiger partial charge in [0.1, 0.15) is 0 Å². The second-order valence-electron chi connectivity index (χ2n) is 9.85. The van der Waals surface area contributed by atoms with Gasteiger partial charge in [0.25, 0.3) is 0 Å². The summed E-state index contributed by atoms with van der Waals surface area (Å²) in [6.45, 7) is 9.41. The van der Waals surface area contributed by atoms with Gasteiger partial charge in [-0.2, -0.15) is 0 Å². The molecule has 0 radical (unpaired) electrons. The molecule has 0 aliphatic carbocycles. The van der Waals surface area contributed by atoms with E-state index in [1.54, 1.807) is 0 Å². The minimum atomic E-state index is 0.898. The fraction of sp³-hybridized carbons (Fsp3) is 1.00. The molecule has 1 unspecified atom stereocenters. The maximum atomic E-state index is 2.40. The molecule has 1 atom stereocenters. The van der Waals surface area contributed by atoms with Gasteiger partial charge in [0.15, 0.2) is 0 Å². The summed E-state index contributed by atoms with van der Waals surface area (Å²) in [7, 11) is 0. The summed E-state index contributed by atoms with van der Waals surface area (Å²) in [5.74, 6) is 1.85. The van der Waals surface area contributed by atoms with Crippen molar-refractivity contribution in [1.29, 1.82) is 0 Å². The minimum absolute atomic E-state index is 0.898. The topological polar surface area (TPSA) is 0 Å². The Labute approximate surface area is 174 Å². The van der Waals surface area contributed by atoms with E-state index >= 15 is 0 Å². The summed E-state index contributed by atoms with van der Waals surface area (Å²) in [4.78, 5) is 0. The van der Waals surface area contributed by atoms with E-state index in [1.807, 2.05) is 0 Å². The molecular weight excluding hydrogens is 324 g/mol. The summed E-state index contributed by atoms with van der Waals surface area (Å²) < 4.78 is 0. The molecule has 0 rings (SSSR count). The fourth-order valence-electron chi connectivity index (χ4n) is 4.08. The van der Waals surface area contributed by atoms with Gasteiger partial charge in [0, 0.05) is 0 Å². The van der Waals surface area contributed by atoms with Crippen LogP contribution in [0.25, 0.3) is 0 Å². The molecule has 0 aromatic carbocycles. The first-order valence-corrected chi connectivity index (χ1v) is 13.2. The van der Waals surface area contributed by atoms with Crippen molar-refractivity contribution in [1.82, 2.24) is 0 Å². The van der Waals surface area contributed by atoms with Gasteiger partial charge in [0.05, 0.1) is 0 Å². The van der Waals surface area contributed by atoms with E-state index in [1.165, 1.54) is 135 Å². The van der Waals surface area contributed by atoms with Crippen molar-refractivity contribution in [3.63, 3.8) is 0 Å². The van der Waals surface area contributed by atoms with Gasteiger partial charge >= 0.3 is 0 Å². The van der Waals surface area contributed by atoms with Crippen LogP contribution in [-0.2, 0) is 0 Å². The van der Waals surface area contributed by atoms with Gasteiger partial charge in [-0.3, -0.25) is 0 Å². The molecule has 0 saturated carbocycles. The van der Waals surface area contributed by atoms with Crippen LogP contribution in [0.5, 0.6) is 0 Å². The third-order valence-corrected chi connectivity index (χ3v) is 6.43. The Morgan fingerprint density at radius 1 is 0.370 bits per heavy atom. The van der Waals surface area contributed by atoms with Crippen molar-refractivity contribution in [3.05, 3.63) is 0 Å². The van der Waals surface area contributed by atoms with Crippen molar-refractivity contribution in [2.45, 2.75) is 163 Å². The van der Waals surface area contributed by atoms with E-state index in [2.05, 4.69) is 27.7 Å². The molecule has 0 nitrogen and oxygen atoms in total. The lowest BCUT2D eigenvalue weighted by Gasteiger charge is -2.07. The smallest absolute Gasteiger partial charge is 0.0445 e. The van der Waals surface area contributed by atoms with E-state index in [9.17, 15) is 0 Å². The summed E-state index contributed by atoms with van der Waals surface area (Å²) in [6.07, 6.45) is 30.9. The summed E-state index contributed by atoms with van der Waals surface area (Å²) >= 11 is 0. The SMILES string of the molecule is CCC(C)CCCCCCCCCCCCCCCCCCCCC(C)C. The Morgan fingerprint density at radius 2 is 0.630 bits per heavy atom. The highest BCUT2D eigenvalue weighted by Gasteiger charge is 1.99. The van der Waals surface area contributed by atoms with Crippen molar-refractivity contribution in [3.8, 4) is 0 Å². The van der Waals surface area contributed by atoms with Gasteiger partial charge in [-0.05, 0) is 11.8 Å². The Hall–Kier alpha value is 0. The molecule has 0 heteroatoms. The average molecular weight is 381 g/mol. The predicted octanol–water partition coefficient (Wildman–Crippen LogP) is 10.5. The van der Waals surface area contributed by atoms with Crippen LogP contribution in [0.1, 0.15) is 163 Å². The second-order valence-corrected chi connectivity index (χ2v) is 9.85. The van der Waals surface area contributed by atoms with E-state index < -0.39 is 0 Å². The largest absolute Gasteiger partial charge is 0.0651 e. The lowest BCUT2D eigenvalue weighted by molar-refractivity contribution is 0.468. The Morgan fingerprint density at radius 3 is 0.889 bits per heavy atom. The molecular formula is C27H56. The molecule has 164 valence electrons. The standard InChI is InChI=1S/C27H56/c1-5-27(4)25-23-21-19-17-15-13-11-9-7-6-8-10-12-14-16-18-20-22-24-26(2)3/h26-27H,5-25H2,1-4H3. The van der Waals surface area contributed by atoms with Crippen molar-refractivity contribution in [2.24, 2.45) is 11.8 Å². The first kappa shape index (κ1) is 27.0. The van der Waals surface area contributed by atoms with E-state index in [4.69, 9.17) is 0 Å². The van der Waals surface area contributed by atoms with Crippen molar-refractivity contribution < 1.29 is 0 Å². The van der Waals surface area contributed by atoms with Crippen LogP contribution in [0.15, 0.2) is 0 Å². The maximum absolute atomic E-state index is 2.40. The zero-order valence-corrected chi connectivity index (χ0v) is 20.0. The van der Waals surface area contributed by atoms with Crippen LogP contribution in [0, 0.1) is 11.8 Å². The van der Waals surface area contributed by atoms with Crippen LogP contribution < -0.4 is 0 Å². The van der Waals surface area contributed by atoms with Gasteiger partial charge in [-0.25, -0.2) is 0 Å². The molecule has 0 bridgehead atoms. The summed E-state index contributed by atoms with van der Waals surface area (Å²) in [5, 5.41) is 0. The number of unbranched alkanes of at least 4 members (excludes halogenated alkanes) is 17. The lowest BCUT2D eigenvalue weighted by Crippen LogP contribution is -1.91. The van der Waals surface area contributed by atoms with Crippen LogP contribution >= 0.6 is 0 Å². The lowest BCUT2D eigenvalue weighted by atomic mass is 9.99. The molecule has 0 spiro atoms. The van der Waals surface area contributed by atoms with Crippen LogP contribution in [-0.4, -0.2) is 0 Å². The van der Waals surface area contributed by atoms with Crippen molar-refractivity contribution >= 4 is 0 Å². The average Bonchev–Trinajstić information content (AvgIpc) is 2.65. The van der Waals surface area contributed by atoms with Gasteiger partial charge in [0.2, 0.25) is 0 Å².